The summed E-state index contributed by atoms with van der Waals surface area (Å²) in [6, 6.07) is 0.341. The van der Waals surface area contributed by atoms with Crippen LogP contribution in [0.1, 0.15) is 31.7 Å². The molecular weight excluding hydrogens is 188 g/mol. The Morgan fingerprint density at radius 3 is 2.85 bits per heavy atom. The molecule has 1 fully saturated rings. The highest BCUT2D eigenvalue weighted by Gasteiger charge is 2.18. The maximum Gasteiger partial charge on any atom is 0.288 e. The number of nitrogens with zero attached hydrogens (tertiary/aromatic N) is 2. The Bertz CT molecular complexity index is 355. The smallest absolute Gasteiger partial charge is 0.288 e. The average molecular weight is 199 g/mol. The zero-order valence-electron chi connectivity index (χ0n) is 7.24. The molecule has 1 heterocycles. The lowest BCUT2D eigenvalue weighted by Crippen LogP contribution is -2.23. The van der Waals surface area contributed by atoms with Gasteiger partial charge in [-0.15, -0.1) is 0 Å². The minimum Gasteiger partial charge on any atom is -0.308 e. The normalized spacial score (nSPS) is 17.9. The van der Waals surface area contributed by atoms with Gasteiger partial charge in [0, 0.05) is 18.4 Å². The van der Waals surface area contributed by atoms with Crippen molar-refractivity contribution in [3.05, 3.63) is 27.9 Å². The second kappa shape index (κ2) is 3.50. The van der Waals surface area contributed by atoms with Gasteiger partial charge in [-0.3, -0.25) is 4.79 Å². The average Bonchev–Trinajstić information content (AvgIpc) is 2.62. The van der Waals surface area contributed by atoms with Crippen LogP contribution in [0.25, 0.3) is 0 Å². The van der Waals surface area contributed by atoms with Gasteiger partial charge in [0.25, 0.3) is 5.56 Å². The molecule has 0 N–H and O–H groups in total. The highest BCUT2D eigenvalue weighted by molar-refractivity contribution is 6.29. The minimum absolute atomic E-state index is 0.0781. The molecule has 1 aliphatic rings. The summed E-state index contributed by atoms with van der Waals surface area (Å²) in [7, 11) is 0. The maximum atomic E-state index is 11.5. The van der Waals surface area contributed by atoms with Crippen LogP contribution in [0, 0.1) is 0 Å². The van der Waals surface area contributed by atoms with Crippen molar-refractivity contribution in [1.29, 1.82) is 0 Å². The van der Waals surface area contributed by atoms with Crippen molar-refractivity contribution in [2.24, 2.45) is 0 Å². The lowest BCUT2D eigenvalue weighted by molar-refractivity contribution is 0.500. The Hall–Kier alpha value is -0.830. The highest BCUT2D eigenvalue weighted by Crippen LogP contribution is 2.27. The molecule has 0 aliphatic heterocycles. The molecule has 0 radical (unpaired) electrons. The molecule has 13 heavy (non-hydrogen) atoms. The lowest BCUT2D eigenvalue weighted by atomic mass is 10.2. The molecule has 0 bridgehead atoms. The van der Waals surface area contributed by atoms with E-state index in [1.54, 1.807) is 17.0 Å². The van der Waals surface area contributed by atoms with Crippen LogP contribution in [-0.2, 0) is 0 Å². The maximum absolute atomic E-state index is 11.5. The minimum atomic E-state index is -0.156. The molecule has 0 unspecified atom stereocenters. The fraction of sp³-hybridized carbons (Fsp3) is 0.556. The Morgan fingerprint density at radius 2 is 2.15 bits per heavy atom. The van der Waals surface area contributed by atoms with Gasteiger partial charge in [-0.1, -0.05) is 24.4 Å². The van der Waals surface area contributed by atoms with Crippen LogP contribution in [0.3, 0.4) is 0 Å². The van der Waals surface area contributed by atoms with Crippen molar-refractivity contribution in [1.82, 2.24) is 9.55 Å². The van der Waals surface area contributed by atoms with E-state index >= 15 is 0 Å². The topological polar surface area (TPSA) is 34.9 Å². The number of hydrogen-bond acceptors (Lipinski definition) is 2. The molecule has 0 aromatic carbocycles. The SMILES string of the molecule is O=c1c(Cl)nccn1C1CCCC1. The fourth-order valence-electron chi connectivity index (χ4n) is 1.87. The van der Waals surface area contributed by atoms with Gasteiger partial charge in [-0.05, 0) is 12.8 Å². The first-order valence-corrected chi connectivity index (χ1v) is 4.89. The molecule has 1 aromatic rings. The van der Waals surface area contributed by atoms with Gasteiger partial charge in [0.15, 0.2) is 5.15 Å². The van der Waals surface area contributed by atoms with E-state index in [-0.39, 0.29) is 10.7 Å². The molecule has 3 nitrogen and oxygen atoms in total. The van der Waals surface area contributed by atoms with Gasteiger partial charge < -0.3 is 4.57 Å². The third-order valence-electron chi connectivity index (χ3n) is 2.54. The van der Waals surface area contributed by atoms with Gasteiger partial charge in [-0.2, -0.15) is 0 Å². The molecule has 0 saturated heterocycles. The van der Waals surface area contributed by atoms with Crippen molar-refractivity contribution >= 4 is 11.6 Å². The molecule has 70 valence electrons. The standard InChI is InChI=1S/C9H11ClN2O/c10-8-9(13)12(6-5-11-8)7-3-1-2-4-7/h5-7H,1-4H2. The third kappa shape index (κ3) is 1.61. The first-order valence-electron chi connectivity index (χ1n) is 4.51. The quantitative estimate of drug-likeness (QED) is 0.692. The van der Waals surface area contributed by atoms with Crippen LogP contribution >= 0.6 is 11.6 Å². The van der Waals surface area contributed by atoms with Gasteiger partial charge in [0.05, 0.1) is 0 Å². The summed E-state index contributed by atoms with van der Waals surface area (Å²) < 4.78 is 1.71. The monoisotopic (exact) mass is 198 g/mol. The van der Waals surface area contributed by atoms with Crippen molar-refractivity contribution < 1.29 is 0 Å². The van der Waals surface area contributed by atoms with Crippen LogP contribution < -0.4 is 5.56 Å². The van der Waals surface area contributed by atoms with E-state index in [1.807, 2.05) is 0 Å². The zero-order valence-corrected chi connectivity index (χ0v) is 8.00. The Labute approximate surface area is 81.4 Å². The summed E-state index contributed by atoms with van der Waals surface area (Å²) in [4.78, 5) is 15.3. The summed E-state index contributed by atoms with van der Waals surface area (Å²) in [5.74, 6) is 0. The van der Waals surface area contributed by atoms with E-state index in [0.717, 1.165) is 12.8 Å². The van der Waals surface area contributed by atoms with Crippen LogP contribution in [0.15, 0.2) is 17.2 Å². The zero-order chi connectivity index (χ0) is 9.26. The summed E-state index contributed by atoms with van der Waals surface area (Å²) in [5.41, 5.74) is -0.156. The number of halogens is 1. The van der Waals surface area contributed by atoms with Crippen LogP contribution in [0.4, 0.5) is 0 Å². The van der Waals surface area contributed by atoms with Crippen molar-refractivity contribution in [2.45, 2.75) is 31.7 Å². The summed E-state index contributed by atoms with van der Waals surface area (Å²) in [6.45, 7) is 0. The first-order chi connectivity index (χ1) is 6.29. The van der Waals surface area contributed by atoms with Crippen LogP contribution in [-0.4, -0.2) is 9.55 Å². The van der Waals surface area contributed by atoms with E-state index in [0.29, 0.717) is 6.04 Å². The summed E-state index contributed by atoms with van der Waals surface area (Å²) in [5, 5.41) is 0.0781. The van der Waals surface area contributed by atoms with E-state index in [2.05, 4.69) is 4.98 Å². The van der Waals surface area contributed by atoms with Crippen molar-refractivity contribution in [2.75, 3.05) is 0 Å². The predicted molar refractivity (Wildman–Crippen MR) is 51.0 cm³/mol. The molecule has 1 aliphatic carbocycles. The largest absolute Gasteiger partial charge is 0.308 e. The first kappa shape index (κ1) is 8.75. The number of hydrogen-bond donors (Lipinski definition) is 0. The molecule has 1 saturated carbocycles. The van der Waals surface area contributed by atoms with Crippen LogP contribution in [0.2, 0.25) is 5.15 Å². The molecule has 1 aromatic heterocycles. The Kier molecular flexibility index (Phi) is 2.36. The predicted octanol–water partition coefficient (Wildman–Crippen LogP) is 2.01. The molecule has 2 rings (SSSR count). The lowest BCUT2D eigenvalue weighted by Gasteiger charge is -2.12. The second-order valence-electron chi connectivity index (χ2n) is 3.37. The van der Waals surface area contributed by atoms with Crippen LogP contribution in [0.5, 0.6) is 0 Å². The summed E-state index contributed by atoms with van der Waals surface area (Å²) >= 11 is 5.65. The highest BCUT2D eigenvalue weighted by atomic mass is 35.5. The Morgan fingerprint density at radius 1 is 1.46 bits per heavy atom. The molecular formula is C9H11ClN2O. The molecule has 0 amide bonds. The van der Waals surface area contributed by atoms with Gasteiger partial charge in [0.1, 0.15) is 0 Å². The summed E-state index contributed by atoms with van der Waals surface area (Å²) in [6.07, 6.45) is 7.89. The Balaban J connectivity index is 2.39. The van der Waals surface area contributed by atoms with Crippen molar-refractivity contribution in [3.63, 3.8) is 0 Å². The molecule has 4 heteroatoms. The van der Waals surface area contributed by atoms with E-state index in [4.69, 9.17) is 11.6 Å². The van der Waals surface area contributed by atoms with Gasteiger partial charge in [0.2, 0.25) is 0 Å². The van der Waals surface area contributed by atoms with E-state index < -0.39 is 0 Å². The van der Waals surface area contributed by atoms with Gasteiger partial charge >= 0.3 is 0 Å². The van der Waals surface area contributed by atoms with E-state index in [9.17, 15) is 4.79 Å². The third-order valence-corrected chi connectivity index (χ3v) is 2.80. The second-order valence-corrected chi connectivity index (χ2v) is 3.73. The molecule has 0 atom stereocenters. The fourth-order valence-corrected chi connectivity index (χ4v) is 2.02. The van der Waals surface area contributed by atoms with E-state index in [1.165, 1.54) is 12.8 Å². The molecule has 0 spiro atoms. The van der Waals surface area contributed by atoms with Crippen molar-refractivity contribution in [3.8, 4) is 0 Å². The number of aromatic nitrogens is 2. The number of rotatable bonds is 1. The van der Waals surface area contributed by atoms with Gasteiger partial charge in [-0.25, -0.2) is 4.98 Å².